The Morgan fingerprint density at radius 2 is 2.55 bits per heavy atom. The summed E-state index contributed by atoms with van der Waals surface area (Å²) in [4.78, 5) is 0. The number of amidine groups is 1. The van der Waals surface area contributed by atoms with Gasteiger partial charge in [-0.25, -0.2) is 0 Å². The highest BCUT2D eigenvalue weighted by Crippen LogP contribution is 1.95. The molecule has 2 N–H and O–H groups in total. The average Bonchev–Trinajstić information content (AvgIpc) is 1.99. The van der Waals surface area contributed by atoms with Crippen molar-refractivity contribution in [2.75, 3.05) is 5.75 Å². The number of hydrogen-bond donors (Lipinski definition) is 1. The van der Waals surface area contributed by atoms with Crippen LogP contribution < -0.4 is 10.4 Å². The zero-order valence-electron chi connectivity index (χ0n) is 5.70. The van der Waals surface area contributed by atoms with Gasteiger partial charge in [-0.3, -0.25) is 5.73 Å². The first-order valence-electron chi connectivity index (χ1n) is 2.74. The van der Waals surface area contributed by atoms with Crippen LogP contribution in [-0.2, 0) is 0 Å². The standard InChI is InChI=1S/C6H6ClN3S/c7-5-10-6(9)11-4-2-1-3-8/h1-2,5,9H,4H2/p+1. The van der Waals surface area contributed by atoms with E-state index in [1.165, 1.54) is 17.8 Å². The third kappa shape index (κ3) is 7.01. The van der Waals surface area contributed by atoms with Gasteiger partial charge < -0.3 is 0 Å². The van der Waals surface area contributed by atoms with Crippen molar-refractivity contribution in [1.82, 2.24) is 4.67 Å². The van der Waals surface area contributed by atoms with Gasteiger partial charge in [0.05, 0.1) is 6.07 Å². The fourth-order valence-electron chi connectivity index (χ4n) is 0.320. The van der Waals surface area contributed by atoms with E-state index in [0.29, 0.717) is 10.9 Å². The fourth-order valence-corrected chi connectivity index (χ4v) is 0.973. The van der Waals surface area contributed by atoms with Crippen LogP contribution >= 0.6 is 23.4 Å². The maximum absolute atomic E-state index is 8.10. The molecule has 0 aliphatic carbocycles. The Morgan fingerprint density at radius 3 is 3.09 bits per heavy atom. The van der Waals surface area contributed by atoms with E-state index in [1.54, 1.807) is 6.08 Å². The van der Waals surface area contributed by atoms with Crippen LogP contribution in [-0.4, -0.2) is 16.6 Å². The van der Waals surface area contributed by atoms with Crippen LogP contribution in [0.5, 0.6) is 0 Å². The number of nitrogens with two attached hydrogens (primary N) is 1. The number of rotatable bonds is 2. The monoisotopic (exact) mass is 188 g/mol. The van der Waals surface area contributed by atoms with Crippen LogP contribution in [0.25, 0.3) is 0 Å². The first kappa shape index (κ1) is 10.1. The predicted molar refractivity (Wildman–Crippen MR) is 50.5 cm³/mol. The van der Waals surface area contributed by atoms with E-state index in [-0.39, 0.29) is 0 Å². The van der Waals surface area contributed by atoms with E-state index >= 15 is 0 Å². The first-order valence-corrected chi connectivity index (χ1v) is 4.16. The highest BCUT2D eigenvalue weighted by Gasteiger charge is 1.96. The molecule has 58 valence electrons. The second-order valence-electron chi connectivity index (χ2n) is 1.41. The van der Waals surface area contributed by atoms with Crippen LogP contribution in [0.2, 0.25) is 0 Å². The zero-order valence-corrected chi connectivity index (χ0v) is 7.27. The highest BCUT2D eigenvalue weighted by molar-refractivity contribution is 8.13. The molecule has 0 rings (SSSR count). The molecule has 0 saturated carbocycles. The maximum atomic E-state index is 8.10. The molecular formula is C6H7ClN3S+. The molecule has 0 aliphatic heterocycles. The number of nitriles is 1. The molecule has 0 aromatic rings. The van der Waals surface area contributed by atoms with Gasteiger partial charge in [0.15, 0.2) is 0 Å². The molecular weight excluding hydrogens is 182 g/mol. The van der Waals surface area contributed by atoms with Gasteiger partial charge >= 0.3 is 5.17 Å². The first-order chi connectivity index (χ1) is 5.31. The normalized spacial score (nSPS) is 8.73. The summed E-state index contributed by atoms with van der Waals surface area (Å²) in [6.07, 6.45) is 3.09. The number of nitrogens with zero attached hydrogens (tertiary/aromatic N) is 2. The lowest BCUT2D eigenvalue weighted by Crippen LogP contribution is -2.09. The minimum atomic E-state index is 0.391. The second-order valence-corrected chi connectivity index (χ2v) is 2.64. The van der Waals surface area contributed by atoms with E-state index in [0.717, 1.165) is 5.67 Å². The molecule has 0 spiro atoms. The summed E-state index contributed by atoms with van der Waals surface area (Å²) in [5.74, 6) is 0.633. The van der Waals surface area contributed by atoms with Crippen molar-refractivity contribution in [3.63, 3.8) is 0 Å². The molecule has 0 amide bonds. The summed E-state index contributed by atoms with van der Waals surface area (Å²) >= 11 is 6.48. The molecule has 11 heavy (non-hydrogen) atoms. The van der Waals surface area contributed by atoms with Crippen molar-refractivity contribution in [3.8, 4) is 6.07 Å². The van der Waals surface area contributed by atoms with Gasteiger partial charge in [-0.2, -0.15) is 9.93 Å². The van der Waals surface area contributed by atoms with E-state index < -0.39 is 0 Å². The van der Waals surface area contributed by atoms with Gasteiger partial charge in [-0.05, 0) is 23.4 Å². The number of halogens is 1. The Morgan fingerprint density at radius 1 is 1.82 bits per heavy atom. The van der Waals surface area contributed by atoms with Gasteiger partial charge in [0.1, 0.15) is 0 Å². The summed E-state index contributed by atoms with van der Waals surface area (Å²) in [6, 6.07) is 1.86. The van der Waals surface area contributed by atoms with E-state index in [1.807, 2.05) is 6.07 Å². The van der Waals surface area contributed by atoms with Crippen LogP contribution in [0.3, 0.4) is 0 Å². The van der Waals surface area contributed by atoms with Crippen molar-refractivity contribution in [2.45, 2.75) is 0 Å². The lowest BCUT2D eigenvalue weighted by Gasteiger charge is -1.80. The van der Waals surface area contributed by atoms with E-state index in [4.69, 9.17) is 22.6 Å². The van der Waals surface area contributed by atoms with Gasteiger partial charge in [-0.1, -0.05) is 6.08 Å². The maximum Gasteiger partial charge on any atom is 0.403 e. The molecule has 5 heteroatoms. The molecule has 0 unspecified atom stereocenters. The van der Waals surface area contributed by atoms with Crippen LogP contribution in [0, 0.1) is 11.3 Å². The Bertz CT molecular complexity index is 235. The number of allylic oxidation sites excluding steroid dienone is 1. The molecule has 0 bridgehead atoms. The summed E-state index contributed by atoms with van der Waals surface area (Å²) in [5, 5.41) is 8.49. The molecule has 0 aromatic heterocycles. The Balaban J connectivity index is 3.65. The van der Waals surface area contributed by atoms with Crippen molar-refractivity contribution in [2.24, 2.45) is 5.73 Å². The van der Waals surface area contributed by atoms with Crippen molar-refractivity contribution >= 4 is 34.2 Å². The minimum absolute atomic E-state index is 0.391. The molecule has 3 nitrogen and oxygen atoms in total. The number of hydrogen-bond acceptors (Lipinski definition) is 2. The largest absolute Gasteiger partial charge is 0.403 e. The fraction of sp³-hybridized carbons (Fsp3) is 0.167. The van der Waals surface area contributed by atoms with Gasteiger partial charge in [0.2, 0.25) is 0 Å². The average molecular weight is 189 g/mol. The quantitative estimate of drug-likeness (QED) is 0.296. The molecule has 0 aromatic carbocycles. The smallest absolute Gasteiger partial charge is 0.267 e. The third-order valence-corrected chi connectivity index (χ3v) is 1.55. The third-order valence-electron chi connectivity index (χ3n) is 0.696. The Kier molecular flexibility index (Phi) is 6.65. The molecule has 0 fully saturated rings. The Hall–Kier alpha value is -0.880. The minimum Gasteiger partial charge on any atom is -0.267 e. The number of thioether (sulfide) groups is 1. The van der Waals surface area contributed by atoms with Crippen molar-refractivity contribution in [3.05, 3.63) is 12.2 Å². The van der Waals surface area contributed by atoms with Gasteiger partial charge in [0.25, 0.3) is 5.67 Å². The summed E-state index contributed by atoms with van der Waals surface area (Å²) in [7, 11) is 0. The molecule has 0 radical (unpaired) electrons. The van der Waals surface area contributed by atoms with Crippen LogP contribution in [0.1, 0.15) is 0 Å². The summed E-state index contributed by atoms with van der Waals surface area (Å²) in [6.45, 7) is 0. The lowest BCUT2D eigenvalue weighted by molar-refractivity contribution is 1.53. The topological polar surface area (TPSA) is 63.9 Å². The van der Waals surface area contributed by atoms with Crippen molar-refractivity contribution in [1.29, 1.82) is 5.26 Å². The zero-order chi connectivity index (χ0) is 8.53. The van der Waals surface area contributed by atoms with Crippen LogP contribution in [0.4, 0.5) is 0 Å². The molecule has 0 atom stereocenters. The second kappa shape index (κ2) is 7.23. The van der Waals surface area contributed by atoms with Crippen LogP contribution in [0.15, 0.2) is 12.2 Å². The van der Waals surface area contributed by atoms with Gasteiger partial charge in [-0.15, -0.1) is 0 Å². The Labute approximate surface area is 74.3 Å². The molecule has 0 saturated heterocycles. The summed E-state index contributed by atoms with van der Waals surface area (Å²) in [5.41, 5.74) is 6.45. The van der Waals surface area contributed by atoms with E-state index in [2.05, 4.69) is 4.67 Å². The highest BCUT2D eigenvalue weighted by atomic mass is 35.5. The predicted octanol–water partition coefficient (Wildman–Crippen LogP) is 0.448. The SMILES string of the molecule is N#CC=CCSC(N)=[N+]=CCl. The van der Waals surface area contributed by atoms with Crippen molar-refractivity contribution < 1.29 is 0 Å². The van der Waals surface area contributed by atoms with Gasteiger partial charge in [0, 0.05) is 11.8 Å². The molecule has 0 aliphatic rings. The lowest BCUT2D eigenvalue weighted by atomic mass is 10.6. The summed E-state index contributed by atoms with van der Waals surface area (Å²) < 4.78 is 3.60. The van der Waals surface area contributed by atoms with E-state index in [9.17, 15) is 0 Å². The molecule has 0 heterocycles.